The zero-order valence-electron chi connectivity index (χ0n) is 19.1. The summed E-state index contributed by atoms with van der Waals surface area (Å²) in [6, 6.07) is 41.3. The standard InChI is InChI=1S/C30H26N2P.BrH/c1-24-17-19-29(31-21-24)30-20-18-25(22-32-30)23-33(26-11-5-2-6-12-26,27-13-7-3-8-14-27)28-15-9-4-10-16-28;/h2-22H,23H2,1H3;1H/q+1;/p-1. The van der Waals surface area contributed by atoms with Gasteiger partial charge in [-0.3, -0.25) is 9.97 Å². The summed E-state index contributed by atoms with van der Waals surface area (Å²) in [7, 11) is -1.92. The topological polar surface area (TPSA) is 25.8 Å². The highest BCUT2D eigenvalue weighted by molar-refractivity contribution is 7.95. The second-order valence-electron chi connectivity index (χ2n) is 8.25. The molecule has 3 aromatic carbocycles. The van der Waals surface area contributed by atoms with Gasteiger partial charge in [0.25, 0.3) is 0 Å². The third-order valence-corrected chi connectivity index (χ3v) is 10.4. The van der Waals surface area contributed by atoms with E-state index in [1.165, 1.54) is 21.5 Å². The van der Waals surface area contributed by atoms with Crippen LogP contribution in [0.25, 0.3) is 11.4 Å². The number of aryl methyl sites for hydroxylation is 1. The van der Waals surface area contributed by atoms with E-state index in [9.17, 15) is 0 Å². The van der Waals surface area contributed by atoms with Crippen molar-refractivity contribution in [3.05, 3.63) is 139 Å². The van der Waals surface area contributed by atoms with Gasteiger partial charge in [-0.25, -0.2) is 0 Å². The van der Waals surface area contributed by atoms with Gasteiger partial charge in [-0.1, -0.05) is 66.7 Å². The summed E-state index contributed by atoms with van der Waals surface area (Å²) in [6.45, 7) is 2.05. The molecule has 0 spiro atoms. The smallest absolute Gasteiger partial charge is 0.116 e. The number of pyridine rings is 2. The van der Waals surface area contributed by atoms with Crippen LogP contribution in [-0.4, -0.2) is 9.97 Å². The molecule has 5 aromatic rings. The van der Waals surface area contributed by atoms with Crippen LogP contribution >= 0.6 is 7.26 Å². The second-order valence-corrected chi connectivity index (χ2v) is 11.7. The van der Waals surface area contributed by atoms with Gasteiger partial charge in [-0.2, -0.15) is 0 Å². The molecule has 2 nitrogen and oxygen atoms in total. The summed E-state index contributed by atoms with van der Waals surface area (Å²) in [4.78, 5) is 9.34. The number of aromatic nitrogens is 2. The Hall–Kier alpha value is -3.13. The zero-order valence-corrected chi connectivity index (χ0v) is 21.5. The largest absolute Gasteiger partial charge is 1.00 e. The molecular weight excluding hydrogens is 499 g/mol. The van der Waals surface area contributed by atoms with Crippen LogP contribution in [0.5, 0.6) is 0 Å². The van der Waals surface area contributed by atoms with Crippen molar-refractivity contribution in [2.75, 3.05) is 0 Å². The van der Waals surface area contributed by atoms with Gasteiger partial charge in [0, 0.05) is 18.0 Å². The lowest BCUT2D eigenvalue weighted by Crippen LogP contribution is -3.00. The van der Waals surface area contributed by atoms with Crippen molar-refractivity contribution in [3.63, 3.8) is 0 Å². The minimum absolute atomic E-state index is 0. The number of halogens is 1. The van der Waals surface area contributed by atoms with Crippen molar-refractivity contribution in [1.82, 2.24) is 9.97 Å². The first-order valence-corrected chi connectivity index (χ1v) is 13.2. The monoisotopic (exact) mass is 524 g/mol. The van der Waals surface area contributed by atoms with Gasteiger partial charge < -0.3 is 17.0 Å². The van der Waals surface area contributed by atoms with E-state index in [1.54, 1.807) is 0 Å². The lowest BCUT2D eigenvalue weighted by molar-refractivity contribution is -0.00000659. The Morgan fingerprint density at radius 3 is 1.35 bits per heavy atom. The minimum atomic E-state index is -1.92. The van der Waals surface area contributed by atoms with E-state index in [0.717, 1.165) is 23.1 Å². The van der Waals surface area contributed by atoms with Crippen molar-refractivity contribution < 1.29 is 17.0 Å². The van der Waals surface area contributed by atoms with E-state index in [-0.39, 0.29) is 17.0 Å². The molecule has 0 bridgehead atoms. The van der Waals surface area contributed by atoms with Crippen molar-refractivity contribution in [2.45, 2.75) is 13.1 Å². The van der Waals surface area contributed by atoms with Crippen LogP contribution in [0, 0.1) is 6.92 Å². The molecule has 0 aliphatic rings. The van der Waals surface area contributed by atoms with E-state index in [1.807, 2.05) is 25.4 Å². The summed E-state index contributed by atoms with van der Waals surface area (Å²) in [5.41, 5.74) is 4.19. The van der Waals surface area contributed by atoms with Crippen molar-refractivity contribution in [1.29, 1.82) is 0 Å². The second kappa shape index (κ2) is 10.9. The van der Waals surface area contributed by atoms with Crippen LogP contribution in [-0.2, 0) is 6.16 Å². The van der Waals surface area contributed by atoms with Crippen molar-refractivity contribution in [2.24, 2.45) is 0 Å². The number of hydrogen-bond donors (Lipinski definition) is 0. The van der Waals surface area contributed by atoms with Gasteiger partial charge in [-0.15, -0.1) is 0 Å². The molecule has 0 radical (unpaired) electrons. The van der Waals surface area contributed by atoms with Crippen LogP contribution in [0.15, 0.2) is 128 Å². The molecule has 0 saturated carbocycles. The van der Waals surface area contributed by atoms with Crippen LogP contribution in [0.1, 0.15) is 11.1 Å². The number of hydrogen-bond acceptors (Lipinski definition) is 2. The Labute approximate surface area is 212 Å². The predicted octanol–water partition coefficient (Wildman–Crippen LogP) is 2.95. The lowest BCUT2D eigenvalue weighted by atomic mass is 10.2. The van der Waals surface area contributed by atoms with E-state index in [2.05, 4.69) is 114 Å². The van der Waals surface area contributed by atoms with Crippen molar-refractivity contribution >= 4 is 23.2 Å². The number of benzene rings is 3. The van der Waals surface area contributed by atoms with Crippen molar-refractivity contribution in [3.8, 4) is 11.4 Å². The van der Waals surface area contributed by atoms with E-state index < -0.39 is 7.26 Å². The summed E-state index contributed by atoms with van der Waals surface area (Å²) in [5, 5.41) is 4.14. The fraction of sp³-hybridized carbons (Fsp3) is 0.0667. The molecule has 4 heteroatoms. The molecule has 5 rings (SSSR count). The molecule has 2 aromatic heterocycles. The molecule has 34 heavy (non-hydrogen) atoms. The zero-order chi connectivity index (χ0) is 22.5. The molecule has 0 aliphatic carbocycles. The summed E-state index contributed by atoms with van der Waals surface area (Å²) >= 11 is 0. The Morgan fingerprint density at radius 2 is 0.971 bits per heavy atom. The number of rotatable bonds is 6. The highest BCUT2D eigenvalue weighted by Gasteiger charge is 2.45. The van der Waals surface area contributed by atoms with Gasteiger partial charge in [-0.05, 0) is 61.0 Å². The first-order valence-electron chi connectivity index (χ1n) is 11.2. The summed E-state index contributed by atoms with van der Waals surface area (Å²) in [5.74, 6) is 0. The first-order chi connectivity index (χ1) is 16.3. The van der Waals surface area contributed by atoms with Crippen LogP contribution in [0.2, 0.25) is 0 Å². The molecule has 2 heterocycles. The molecular formula is C30H26BrN2P. The summed E-state index contributed by atoms with van der Waals surface area (Å²) < 4.78 is 0. The fourth-order valence-electron chi connectivity index (χ4n) is 4.33. The molecule has 0 fully saturated rings. The van der Waals surface area contributed by atoms with Crippen LogP contribution in [0.4, 0.5) is 0 Å². The normalized spacial score (nSPS) is 11.0. The predicted molar refractivity (Wildman–Crippen MR) is 141 cm³/mol. The van der Waals surface area contributed by atoms with Gasteiger partial charge in [0.2, 0.25) is 0 Å². The van der Waals surface area contributed by atoms with E-state index in [4.69, 9.17) is 4.98 Å². The Morgan fingerprint density at radius 1 is 0.529 bits per heavy atom. The molecule has 168 valence electrons. The summed E-state index contributed by atoms with van der Waals surface area (Å²) in [6.07, 6.45) is 4.84. The maximum Gasteiger partial charge on any atom is 0.116 e. The SMILES string of the molecule is Cc1ccc(-c2ccc(C[P+](c3ccccc3)(c3ccccc3)c3ccccc3)cn2)nc1.[Br-]. The number of nitrogens with zero attached hydrogens (tertiary/aromatic N) is 2. The maximum absolute atomic E-state index is 4.80. The molecule has 0 N–H and O–H groups in total. The molecule has 0 saturated heterocycles. The Balaban J connectivity index is 0.00000274. The highest BCUT2D eigenvalue weighted by Crippen LogP contribution is 2.58. The molecule has 0 unspecified atom stereocenters. The third kappa shape index (κ3) is 4.87. The first kappa shape index (κ1) is 24.0. The fourth-order valence-corrected chi connectivity index (χ4v) is 8.55. The molecule has 0 atom stereocenters. The third-order valence-electron chi connectivity index (χ3n) is 6.01. The minimum Gasteiger partial charge on any atom is -1.00 e. The van der Waals surface area contributed by atoms with Gasteiger partial charge in [0.05, 0.1) is 17.5 Å². The van der Waals surface area contributed by atoms with Gasteiger partial charge >= 0.3 is 0 Å². The maximum atomic E-state index is 4.80. The van der Waals surface area contributed by atoms with Crippen LogP contribution < -0.4 is 32.9 Å². The average Bonchev–Trinajstić information content (AvgIpc) is 2.90. The highest BCUT2D eigenvalue weighted by atomic mass is 79.9. The molecule has 0 amide bonds. The Bertz CT molecular complexity index is 1210. The van der Waals surface area contributed by atoms with E-state index in [0.29, 0.717) is 0 Å². The van der Waals surface area contributed by atoms with E-state index >= 15 is 0 Å². The molecule has 0 aliphatic heterocycles. The van der Waals surface area contributed by atoms with Gasteiger partial charge in [0.1, 0.15) is 23.2 Å². The quantitative estimate of drug-likeness (QED) is 0.319. The Kier molecular flexibility index (Phi) is 7.67. The average molecular weight is 525 g/mol. The lowest BCUT2D eigenvalue weighted by Gasteiger charge is -2.27. The van der Waals surface area contributed by atoms with Gasteiger partial charge in [0.15, 0.2) is 0 Å². The van der Waals surface area contributed by atoms with Crippen LogP contribution in [0.3, 0.4) is 0 Å².